The first kappa shape index (κ1) is 9.51. The van der Waals surface area contributed by atoms with E-state index in [4.69, 9.17) is 0 Å². The Balaban J connectivity index is 2.46. The number of nitrogens with zero attached hydrogens (tertiary/aromatic N) is 1. The molecule has 0 radical (unpaired) electrons. The summed E-state index contributed by atoms with van der Waals surface area (Å²) in [5.41, 5.74) is -0.536. The van der Waals surface area contributed by atoms with Gasteiger partial charge in [0.05, 0.1) is 11.8 Å². The molecule has 0 bridgehead atoms. The van der Waals surface area contributed by atoms with Crippen LogP contribution in [0, 0.1) is 0 Å². The Hall–Kier alpha value is -1.04. The molecule has 0 saturated carbocycles. The van der Waals surface area contributed by atoms with E-state index in [-0.39, 0.29) is 11.3 Å². The van der Waals surface area contributed by atoms with Crippen LogP contribution >= 0.6 is 0 Å². The maximum Gasteiger partial charge on any atom is 0.435 e. The van der Waals surface area contributed by atoms with Gasteiger partial charge in [0.15, 0.2) is 5.69 Å². The predicted octanol–water partition coefficient (Wildman–Crippen LogP) is 1.80. The van der Waals surface area contributed by atoms with Crippen LogP contribution in [0.5, 0.6) is 0 Å². The third kappa shape index (κ3) is 1.39. The number of fused-ring (bicyclic) bond motifs is 1. The van der Waals surface area contributed by atoms with Crippen LogP contribution in [0.15, 0.2) is 0 Å². The minimum atomic E-state index is -4.43. The minimum absolute atomic E-state index is 0.122. The number of aliphatic hydroxyl groups excluding tert-OH is 1. The number of aromatic amines is 1. The molecule has 1 aliphatic carbocycles. The molecule has 14 heavy (non-hydrogen) atoms. The molecular weight excluding hydrogens is 197 g/mol. The van der Waals surface area contributed by atoms with Crippen molar-refractivity contribution in [2.45, 2.75) is 31.5 Å². The van der Waals surface area contributed by atoms with Crippen LogP contribution in [0.2, 0.25) is 0 Å². The van der Waals surface area contributed by atoms with Gasteiger partial charge >= 0.3 is 6.18 Å². The summed E-state index contributed by atoms with van der Waals surface area (Å²) in [4.78, 5) is 0. The first-order valence-electron chi connectivity index (χ1n) is 4.32. The van der Waals surface area contributed by atoms with E-state index in [2.05, 4.69) is 10.2 Å². The van der Waals surface area contributed by atoms with Crippen molar-refractivity contribution in [2.75, 3.05) is 0 Å². The Bertz CT molecular complexity index is 345. The average Bonchev–Trinajstić information content (AvgIpc) is 2.47. The van der Waals surface area contributed by atoms with Crippen LogP contribution in [0.4, 0.5) is 13.2 Å². The monoisotopic (exact) mass is 206 g/mol. The highest BCUT2D eigenvalue weighted by atomic mass is 19.4. The lowest BCUT2D eigenvalue weighted by molar-refractivity contribution is -0.141. The number of hydrogen-bond acceptors (Lipinski definition) is 2. The zero-order valence-electron chi connectivity index (χ0n) is 7.23. The lowest BCUT2D eigenvalue weighted by atomic mass is 9.93. The first-order chi connectivity index (χ1) is 6.50. The standard InChI is InChI=1S/C8H9F3N2O/c9-8(10,11)7-4-2-1-3-5(14)6(4)12-13-7/h5,14H,1-3H2,(H,12,13). The Morgan fingerprint density at radius 1 is 1.43 bits per heavy atom. The van der Waals surface area contributed by atoms with E-state index >= 15 is 0 Å². The number of aliphatic hydroxyl groups is 1. The molecule has 78 valence electrons. The van der Waals surface area contributed by atoms with E-state index in [0.717, 1.165) is 0 Å². The van der Waals surface area contributed by atoms with Gasteiger partial charge in [0, 0.05) is 5.56 Å². The Morgan fingerprint density at radius 2 is 2.14 bits per heavy atom. The van der Waals surface area contributed by atoms with Crippen LogP contribution in [-0.2, 0) is 12.6 Å². The largest absolute Gasteiger partial charge is 0.435 e. The van der Waals surface area contributed by atoms with Crippen LogP contribution in [0.25, 0.3) is 0 Å². The van der Waals surface area contributed by atoms with Gasteiger partial charge in [0.2, 0.25) is 0 Å². The second-order valence-electron chi connectivity index (χ2n) is 3.37. The van der Waals surface area contributed by atoms with Gasteiger partial charge in [-0.05, 0) is 19.3 Å². The minimum Gasteiger partial charge on any atom is -0.387 e. The number of aromatic nitrogens is 2. The molecule has 0 fully saturated rings. The zero-order valence-corrected chi connectivity index (χ0v) is 7.23. The lowest BCUT2D eigenvalue weighted by Gasteiger charge is -2.17. The van der Waals surface area contributed by atoms with Gasteiger partial charge < -0.3 is 5.11 Å². The first-order valence-corrected chi connectivity index (χ1v) is 4.32. The van der Waals surface area contributed by atoms with E-state index in [1.165, 1.54) is 0 Å². The molecule has 6 heteroatoms. The van der Waals surface area contributed by atoms with Gasteiger partial charge in [-0.15, -0.1) is 0 Å². The second-order valence-corrected chi connectivity index (χ2v) is 3.37. The van der Waals surface area contributed by atoms with Crippen LogP contribution in [0.3, 0.4) is 0 Å². The van der Waals surface area contributed by atoms with Crippen molar-refractivity contribution < 1.29 is 18.3 Å². The van der Waals surface area contributed by atoms with Gasteiger partial charge in [-0.2, -0.15) is 18.3 Å². The molecule has 3 nitrogen and oxygen atoms in total. The molecule has 2 N–H and O–H groups in total. The molecule has 0 aliphatic heterocycles. The third-order valence-electron chi connectivity index (χ3n) is 2.41. The van der Waals surface area contributed by atoms with Crippen molar-refractivity contribution in [3.05, 3.63) is 17.0 Å². The van der Waals surface area contributed by atoms with E-state index in [1.807, 2.05) is 0 Å². The second kappa shape index (κ2) is 2.98. The van der Waals surface area contributed by atoms with Crippen molar-refractivity contribution in [1.29, 1.82) is 0 Å². The van der Waals surface area contributed by atoms with E-state index in [0.29, 0.717) is 19.3 Å². The van der Waals surface area contributed by atoms with Gasteiger partial charge in [-0.3, -0.25) is 5.10 Å². The summed E-state index contributed by atoms with van der Waals surface area (Å²) in [6.45, 7) is 0. The van der Waals surface area contributed by atoms with Crippen molar-refractivity contribution >= 4 is 0 Å². The quantitative estimate of drug-likeness (QED) is 0.680. The molecule has 1 aromatic heterocycles. The van der Waals surface area contributed by atoms with Crippen LogP contribution in [0.1, 0.15) is 35.9 Å². The summed E-state index contributed by atoms with van der Waals surface area (Å²) in [6, 6.07) is 0. The van der Waals surface area contributed by atoms with Crippen LogP contribution in [-0.4, -0.2) is 15.3 Å². The number of rotatable bonds is 0. The topological polar surface area (TPSA) is 48.9 Å². The SMILES string of the molecule is OC1CCCc2c(C(F)(F)F)n[nH]c21. The highest BCUT2D eigenvalue weighted by Crippen LogP contribution is 2.37. The molecule has 1 aromatic rings. The van der Waals surface area contributed by atoms with E-state index in [9.17, 15) is 18.3 Å². The Labute approximate surface area is 77.9 Å². The normalized spacial score (nSPS) is 22.1. The zero-order chi connectivity index (χ0) is 10.3. The number of hydrogen-bond donors (Lipinski definition) is 2. The smallest absolute Gasteiger partial charge is 0.387 e. The molecule has 1 aliphatic rings. The molecule has 0 amide bonds. The lowest BCUT2D eigenvalue weighted by Crippen LogP contribution is -2.13. The third-order valence-corrected chi connectivity index (χ3v) is 2.41. The molecule has 1 atom stereocenters. The summed E-state index contributed by atoms with van der Waals surface area (Å²) >= 11 is 0. The summed E-state index contributed by atoms with van der Waals surface area (Å²) in [5, 5.41) is 14.9. The molecular formula is C8H9F3N2O. The number of alkyl halides is 3. The fraction of sp³-hybridized carbons (Fsp3) is 0.625. The molecule has 1 unspecified atom stereocenters. The fourth-order valence-electron chi connectivity index (χ4n) is 1.76. The van der Waals surface area contributed by atoms with Crippen molar-refractivity contribution in [2.24, 2.45) is 0 Å². The number of nitrogens with one attached hydrogen (secondary N) is 1. The van der Waals surface area contributed by atoms with E-state index < -0.39 is 18.0 Å². The van der Waals surface area contributed by atoms with Crippen LogP contribution < -0.4 is 0 Å². The van der Waals surface area contributed by atoms with E-state index in [1.54, 1.807) is 0 Å². The molecule has 1 heterocycles. The predicted molar refractivity (Wildman–Crippen MR) is 41.5 cm³/mol. The maximum atomic E-state index is 12.4. The summed E-state index contributed by atoms with van der Waals surface area (Å²) in [6.07, 6.45) is -3.87. The Morgan fingerprint density at radius 3 is 2.79 bits per heavy atom. The van der Waals surface area contributed by atoms with Gasteiger partial charge in [-0.1, -0.05) is 0 Å². The van der Waals surface area contributed by atoms with Crippen molar-refractivity contribution in [3.63, 3.8) is 0 Å². The van der Waals surface area contributed by atoms with Gasteiger partial charge in [0.25, 0.3) is 0 Å². The fourth-order valence-corrected chi connectivity index (χ4v) is 1.76. The summed E-state index contributed by atoms with van der Waals surface area (Å²) < 4.78 is 37.1. The maximum absolute atomic E-state index is 12.4. The molecule has 0 spiro atoms. The Kier molecular flexibility index (Phi) is 2.02. The highest BCUT2D eigenvalue weighted by molar-refractivity contribution is 5.30. The van der Waals surface area contributed by atoms with Crippen molar-refractivity contribution in [1.82, 2.24) is 10.2 Å². The molecule has 0 saturated heterocycles. The molecule has 0 aromatic carbocycles. The highest BCUT2D eigenvalue weighted by Gasteiger charge is 2.39. The summed E-state index contributed by atoms with van der Waals surface area (Å²) in [7, 11) is 0. The molecule has 2 rings (SSSR count). The van der Waals surface area contributed by atoms with Crippen molar-refractivity contribution in [3.8, 4) is 0 Å². The summed E-state index contributed by atoms with van der Waals surface area (Å²) in [5.74, 6) is 0. The number of H-pyrrole nitrogens is 1. The number of halogens is 3. The van der Waals surface area contributed by atoms with Gasteiger partial charge in [-0.25, -0.2) is 0 Å². The van der Waals surface area contributed by atoms with Gasteiger partial charge in [0.1, 0.15) is 0 Å². The average molecular weight is 206 g/mol.